The summed E-state index contributed by atoms with van der Waals surface area (Å²) in [5.74, 6) is 1.12. The molecule has 0 radical (unpaired) electrons. The van der Waals surface area contributed by atoms with Crippen LogP contribution in [0.25, 0.3) is 0 Å². The van der Waals surface area contributed by atoms with E-state index in [1.807, 2.05) is 6.92 Å². The van der Waals surface area contributed by atoms with Gasteiger partial charge in [-0.1, -0.05) is 0 Å². The van der Waals surface area contributed by atoms with Crippen LogP contribution in [0.1, 0.15) is 29.9 Å². The molecule has 0 aromatic heterocycles. The third-order valence-corrected chi connectivity index (χ3v) is 3.25. The van der Waals surface area contributed by atoms with Gasteiger partial charge in [0.2, 0.25) is 0 Å². The topological polar surface area (TPSA) is 21.3 Å². The standard InChI is InChI=1S/C13H18FNO/c1-9-7-11(14)8-12(13(9)16-2)10-3-5-15-6-4-10/h7-8,10,15H,3-6H2,1-2H3. The van der Waals surface area contributed by atoms with E-state index in [4.69, 9.17) is 4.74 Å². The lowest BCUT2D eigenvalue weighted by atomic mass is 9.88. The molecule has 1 aromatic rings. The zero-order chi connectivity index (χ0) is 11.5. The Kier molecular flexibility index (Phi) is 3.44. The summed E-state index contributed by atoms with van der Waals surface area (Å²) in [6, 6.07) is 3.16. The molecule has 0 saturated carbocycles. The first kappa shape index (κ1) is 11.4. The number of hydrogen-bond donors (Lipinski definition) is 1. The Bertz CT molecular complexity index is 372. The van der Waals surface area contributed by atoms with Crippen molar-refractivity contribution in [3.63, 3.8) is 0 Å². The van der Waals surface area contributed by atoms with Gasteiger partial charge in [-0.15, -0.1) is 0 Å². The average molecular weight is 223 g/mol. The van der Waals surface area contributed by atoms with Crippen LogP contribution in [0.4, 0.5) is 4.39 Å². The fourth-order valence-electron chi connectivity index (χ4n) is 2.47. The third-order valence-electron chi connectivity index (χ3n) is 3.25. The maximum absolute atomic E-state index is 13.4. The number of piperidine rings is 1. The second-order valence-electron chi connectivity index (χ2n) is 4.37. The van der Waals surface area contributed by atoms with Crippen molar-refractivity contribution in [2.75, 3.05) is 20.2 Å². The molecule has 2 rings (SSSR count). The van der Waals surface area contributed by atoms with Crippen molar-refractivity contribution >= 4 is 0 Å². The van der Waals surface area contributed by atoms with Gasteiger partial charge in [0.05, 0.1) is 7.11 Å². The van der Waals surface area contributed by atoms with Gasteiger partial charge in [0.1, 0.15) is 11.6 Å². The molecule has 16 heavy (non-hydrogen) atoms. The molecule has 0 unspecified atom stereocenters. The Morgan fingerprint density at radius 3 is 2.62 bits per heavy atom. The number of aryl methyl sites for hydroxylation is 1. The number of ether oxygens (including phenoxy) is 1. The summed E-state index contributed by atoms with van der Waals surface area (Å²) in [5.41, 5.74) is 1.91. The Morgan fingerprint density at radius 1 is 1.31 bits per heavy atom. The highest BCUT2D eigenvalue weighted by molar-refractivity contribution is 5.43. The van der Waals surface area contributed by atoms with Crippen LogP contribution in [0.15, 0.2) is 12.1 Å². The highest BCUT2D eigenvalue weighted by Crippen LogP contribution is 2.35. The molecular weight excluding hydrogens is 205 g/mol. The predicted molar refractivity (Wildman–Crippen MR) is 62.5 cm³/mol. The normalized spacial score (nSPS) is 17.4. The Morgan fingerprint density at radius 2 is 2.00 bits per heavy atom. The van der Waals surface area contributed by atoms with E-state index in [-0.39, 0.29) is 5.82 Å². The van der Waals surface area contributed by atoms with E-state index >= 15 is 0 Å². The molecule has 0 aliphatic carbocycles. The molecule has 3 heteroatoms. The van der Waals surface area contributed by atoms with Crippen LogP contribution in [0, 0.1) is 12.7 Å². The summed E-state index contributed by atoms with van der Waals surface area (Å²) in [5, 5.41) is 3.32. The van der Waals surface area contributed by atoms with E-state index in [0.717, 1.165) is 42.8 Å². The molecule has 1 aromatic carbocycles. The van der Waals surface area contributed by atoms with E-state index in [1.165, 1.54) is 6.07 Å². The first-order valence-corrected chi connectivity index (χ1v) is 5.77. The summed E-state index contributed by atoms with van der Waals surface area (Å²) in [6.45, 7) is 3.90. The second-order valence-corrected chi connectivity index (χ2v) is 4.37. The van der Waals surface area contributed by atoms with Crippen molar-refractivity contribution < 1.29 is 9.13 Å². The van der Waals surface area contributed by atoms with Gasteiger partial charge >= 0.3 is 0 Å². The van der Waals surface area contributed by atoms with Crippen LogP contribution in [0.2, 0.25) is 0 Å². The molecular formula is C13H18FNO. The molecule has 1 aliphatic heterocycles. The quantitative estimate of drug-likeness (QED) is 0.832. The van der Waals surface area contributed by atoms with Crippen LogP contribution < -0.4 is 10.1 Å². The van der Waals surface area contributed by atoms with Gasteiger partial charge in [-0.25, -0.2) is 4.39 Å². The van der Waals surface area contributed by atoms with Crippen LogP contribution in [0.5, 0.6) is 5.75 Å². The lowest BCUT2D eigenvalue weighted by Gasteiger charge is -2.25. The minimum absolute atomic E-state index is 0.160. The molecule has 0 spiro atoms. The van der Waals surface area contributed by atoms with Gasteiger partial charge in [0.25, 0.3) is 0 Å². The molecule has 1 heterocycles. The number of hydrogen-bond acceptors (Lipinski definition) is 2. The highest BCUT2D eigenvalue weighted by atomic mass is 19.1. The van der Waals surface area contributed by atoms with E-state index in [1.54, 1.807) is 13.2 Å². The number of methoxy groups -OCH3 is 1. The van der Waals surface area contributed by atoms with Crippen LogP contribution >= 0.6 is 0 Å². The minimum atomic E-state index is -0.160. The van der Waals surface area contributed by atoms with Gasteiger partial charge in [0, 0.05) is 5.56 Å². The van der Waals surface area contributed by atoms with E-state index in [0.29, 0.717) is 5.92 Å². The molecule has 1 aliphatic rings. The summed E-state index contributed by atoms with van der Waals surface area (Å²) in [7, 11) is 1.66. The van der Waals surface area contributed by atoms with Crippen molar-refractivity contribution in [2.45, 2.75) is 25.7 Å². The van der Waals surface area contributed by atoms with Crippen molar-refractivity contribution in [1.82, 2.24) is 5.32 Å². The second kappa shape index (κ2) is 4.83. The zero-order valence-electron chi connectivity index (χ0n) is 9.85. The first-order chi connectivity index (χ1) is 7.72. The summed E-state index contributed by atoms with van der Waals surface area (Å²) < 4.78 is 18.8. The largest absolute Gasteiger partial charge is 0.496 e. The summed E-state index contributed by atoms with van der Waals surface area (Å²) in [4.78, 5) is 0. The zero-order valence-corrected chi connectivity index (χ0v) is 9.85. The van der Waals surface area contributed by atoms with E-state index in [2.05, 4.69) is 5.32 Å². The lowest BCUT2D eigenvalue weighted by Crippen LogP contribution is -2.27. The molecule has 0 amide bonds. The molecule has 2 nitrogen and oxygen atoms in total. The van der Waals surface area contributed by atoms with Crippen LogP contribution in [-0.2, 0) is 0 Å². The Labute approximate surface area is 95.8 Å². The van der Waals surface area contributed by atoms with Crippen LogP contribution in [-0.4, -0.2) is 20.2 Å². The molecule has 0 atom stereocenters. The lowest BCUT2D eigenvalue weighted by molar-refractivity contribution is 0.387. The van der Waals surface area contributed by atoms with Crippen molar-refractivity contribution in [3.05, 3.63) is 29.1 Å². The first-order valence-electron chi connectivity index (χ1n) is 5.77. The molecule has 1 fully saturated rings. The maximum Gasteiger partial charge on any atom is 0.125 e. The van der Waals surface area contributed by atoms with Gasteiger partial charge in [-0.2, -0.15) is 0 Å². The van der Waals surface area contributed by atoms with Gasteiger partial charge in [0.15, 0.2) is 0 Å². The Balaban J connectivity index is 2.36. The SMILES string of the molecule is COc1c(C)cc(F)cc1C1CCNCC1. The van der Waals surface area contributed by atoms with E-state index < -0.39 is 0 Å². The molecule has 1 N–H and O–H groups in total. The van der Waals surface area contributed by atoms with Crippen molar-refractivity contribution in [3.8, 4) is 5.75 Å². The maximum atomic E-state index is 13.4. The highest BCUT2D eigenvalue weighted by Gasteiger charge is 2.20. The predicted octanol–water partition coefficient (Wildman–Crippen LogP) is 2.61. The number of nitrogens with one attached hydrogen (secondary N) is 1. The Hall–Kier alpha value is -1.09. The van der Waals surface area contributed by atoms with Crippen molar-refractivity contribution in [2.24, 2.45) is 0 Å². The fourth-order valence-corrected chi connectivity index (χ4v) is 2.47. The molecule has 0 bridgehead atoms. The summed E-state index contributed by atoms with van der Waals surface area (Å²) in [6.07, 6.45) is 2.11. The van der Waals surface area contributed by atoms with Gasteiger partial charge in [-0.3, -0.25) is 0 Å². The van der Waals surface area contributed by atoms with Crippen molar-refractivity contribution in [1.29, 1.82) is 0 Å². The number of benzene rings is 1. The van der Waals surface area contributed by atoms with Crippen LogP contribution in [0.3, 0.4) is 0 Å². The monoisotopic (exact) mass is 223 g/mol. The minimum Gasteiger partial charge on any atom is -0.496 e. The van der Waals surface area contributed by atoms with Gasteiger partial charge in [-0.05, 0) is 56.5 Å². The molecule has 1 saturated heterocycles. The number of halogens is 1. The third kappa shape index (κ3) is 2.19. The smallest absolute Gasteiger partial charge is 0.125 e. The molecule has 88 valence electrons. The fraction of sp³-hybridized carbons (Fsp3) is 0.538. The van der Waals surface area contributed by atoms with E-state index in [9.17, 15) is 4.39 Å². The summed E-state index contributed by atoms with van der Waals surface area (Å²) >= 11 is 0. The van der Waals surface area contributed by atoms with Gasteiger partial charge < -0.3 is 10.1 Å². The average Bonchev–Trinajstić information content (AvgIpc) is 2.29. The number of rotatable bonds is 2.